The maximum absolute atomic E-state index is 12.3. The third-order valence-corrected chi connectivity index (χ3v) is 4.09. The molecule has 0 heterocycles. The van der Waals surface area contributed by atoms with Crippen molar-refractivity contribution in [3.8, 4) is 11.8 Å². The van der Waals surface area contributed by atoms with Gasteiger partial charge in [0.1, 0.15) is 6.04 Å². The Hall–Kier alpha value is -3.18. The average Bonchev–Trinajstić information content (AvgIpc) is 2.71. The van der Waals surface area contributed by atoms with Gasteiger partial charge in [-0.2, -0.15) is 0 Å². The van der Waals surface area contributed by atoms with Gasteiger partial charge < -0.3 is 16.8 Å². The molecular formula is C21H24N4O3. The molecule has 7 N–H and O–H groups in total. The lowest BCUT2D eigenvalue weighted by Gasteiger charge is -2.20. The Balaban J connectivity index is 2.05. The second kappa shape index (κ2) is 10.2. The first-order chi connectivity index (χ1) is 13.4. The SMILES string of the molecule is C[C@@H](N)[C@H](NC(=O)c1ccc(C#Cc2ccc(CCN)cc2)cc1)C(=O)NO. The van der Waals surface area contributed by atoms with Crippen molar-refractivity contribution in [2.24, 2.45) is 11.5 Å². The van der Waals surface area contributed by atoms with Crippen LogP contribution in [0.4, 0.5) is 0 Å². The van der Waals surface area contributed by atoms with Crippen molar-refractivity contribution >= 4 is 11.8 Å². The molecule has 2 amide bonds. The van der Waals surface area contributed by atoms with E-state index < -0.39 is 23.9 Å². The molecule has 146 valence electrons. The van der Waals surface area contributed by atoms with Crippen LogP contribution in [0.2, 0.25) is 0 Å². The molecule has 0 bridgehead atoms. The van der Waals surface area contributed by atoms with Crippen molar-refractivity contribution in [3.05, 3.63) is 70.8 Å². The topological polar surface area (TPSA) is 130 Å². The second-order valence-electron chi connectivity index (χ2n) is 6.35. The summed E-state index contributed by atoms with van der Waals surface area (Å²) in [6.07, 6.45) is 0.834. The van der Waals surface area contributed by atoms with Gasteiger partial charge in [0.25, 0.3) is 11.8 Å². The second-order valence-corrected chi connectivity index (χ2v) is 6.35. The average molecular weight is 380 g/mol. The van der Waals surface area contributed by atoms with Crippen LogP contribution in [0.25, 0.3) is 0 Å². The number of rotatable bonds is 6. The van der Waals surface area contributed by atoms with E-state index in [0.29, 0.717) is 12.1 Å². The number of amides is 2. The van der Waals surface area contributed by atoms with Crippen molar-refractivity contribution in [1.29, 1.82) is 0 Å². The summed E-state index contributed by atoms with van der Waals surface area (Å²) in [7, 11) is 0. The zero-order valence-electron chi connectivity index (χ0n) is 15.6. The summed E-state index contributed by atoms with van der Waals surface area (Å²) in [5.74, 6) is 4.86. The van der Waals surface area contributed by atoms with Gasteiger partial charge in [-0.15, -0.1) is 0 Å². The highest BCUT2D eigenvalue weighted by Crippen LogP contribution is 2.07. The minimum atomic E-state index is -1.04. The summed E-state index contributed by atoms with van der Waals surface area (Å²) in [5.41, 5.74) is 15.9. The summed E-state index contributed by atoms with van der Waals surface area (Å²) in [6.45, 7) is 2.17. The Kier molecular flexibility index (Phi) is 7.72. The number of carbonyl (C=O) groups is 2. The Morgan fingerprint density at radius 2 is 1.57 bits per heavy atom. The van der Waals surface area contributed by atoms with Gasteiger partial charge in [0.05, 0.1) is 0 Å². The fourth-order valence-corrected chi connectivity index (χ4v) is 2.50. The molecule has 0 aromatic heterocycles. The third-order valence-electron chi connectivity index (χ3n) is 4.09. The molecule has 0 fully saturated rings. The molecule has 7 heteroatoms. The van der Waals surface area contributed by atoms with Crippen LogP contribution < -0.4 is 22.3 Å². The normalized spacial score (nSPS) is 12.3. The molecule has 0 radical (unpaired) electrons. The van der Waals surface area contributed by atoms with E-state index >= 15 is 0 Å². The Morgan fingerprint density at radius 1 is 1.04 bits per heavy atom. The monoisotopic (exact) mass is 380 g/mol. The molecule has 2 atom stereocenters. The first-order valence-electron chi connectivity index (χ1n) is 8.86. The van der Waals surface area contributed by atoms with Gasteiger partial charge >= 0.3 is 0 Å². The van der Waals surface area contributed by atoms with Gasteiger partial charge in [-0.3, -0.25) is 14.8 Å². The zero-order valence-corrected chi connectivity index (χ0v) is 15.6. The lowest BCUT2D eigenvalue weighted by atomic mass is 10.1. The van der Waals surface area contributed by atoms with E-state index in [2.05, 4.69) is 17.2 Å². The molecular weight excluding hydrogens is 356 g/mol. The van der Waals surface area contributed by atoms with E-state index in [-0.39, 0.29) is 0 Å². The molecule has 2 aromatic rings. The Bertz CT molecular complexity index is 865. The van der Waals surface area contributed by atoms with Gasteiger partial charge in [0, 0.05) is 22.7 Å². The van der Waals surface area contributed by atoms with Crippen molar-refractivity contribution in [3.63, 3.8) is 0 Å². The Labute approximate surface area is 164 Å². The molecule has 7 nitrogen and oxygen atoms in total. The number of benzene rings is 2. The molecule has 0 saturated carbocycles. The highest BCUT2D eigenvalue weighted by atomic mass is 16.5. The van der Waals surface area contributed by atoms with Crippen LogP contribution in [-0.2, 0) is 11.2 Å². The first-order valence-corrected chi connectivity index (χ1v) is 8.86. The molecule has 0 aliphatic carbocycles. The van der Waals surface area contributed by atoms with Gasteiger partial charge in [-0.1, -0.05) is 24.0 Å². The number of hydrogen-bond donors (Lipinski definition) is 5. The van der Waals surface area contributed by atoms with Crippen LogP contribution in [0.15, 0.2) is 48.5 Å². The number of nitrogens with one attached hydrogen (secondary N) is 2. The van der Waals surface area contributed by atoms with Crippen LogP contribution in [0.3, 0.4) is 0 Å². The number of nitrogens with two attached hydrogens (primary N) is 2. The van der Waals surface area contributed by atoms with Crippen LogP contribution in [0.5, 0.6) is 0 Å². The predicted molar refractivity (Wildman–Crippen MR) is 106 cm³/mol. The molecule has 2 rings (SSSR count). The summed E-state index contributed by atoms with van der Waals surface area (Å²) in [5, 5.41) is 11.2. The first kappa shape index (κ1) is 21.1. The maximum atomic E-state index is 12.3. The Morgan fingerprint density at radius 3 is 2.04 bits per heavy atom. The fraction of sp³-hybridized carbons (Fsp3) is 0.238. The van der Waals surface area contributed by atoms with Crippen molar-refractivity contribution in [2.45, 2.75) is 25.4 Å². The largest absolute Gasteiger partial charge is 0.339 e. The van der Waals surface area contributed by atoms with Crippen LogP contribution in [0.1, 0.15) is 34.0 Å². The van der Waals surface area contributed by atoms with Crippen molar-refractivity contribution in [1.82, 2.24) is 10.8 Å². The lowest BCUT2D eigenvalue weighted by Crippen LogP contribution is -2.54. The number of carbonyl (C=O) groups excluding carboxylic acids is 2. The van der Waals surface area contributed by atoms with Gasteiger partial charge in [0.2, 0.25) is 0 Å². The van der Waals surface area contributed by atoms with E-state index in [0.717, 1.165) is 17.5 Å². The maximum Gasteiger partial charge on any atom is 0.267 e. The summed E-state index contributed by atoms with van der Waals surface area (Å²) in [6, 6.07) is 12.8. The number of hydrogen-bond acceptors (Lipinski definition) is 5. The quantitative estimate of drug-likeness (QED) is 0.284. The third kappa shape index (κ3) is 5.93. The highest BCUT2D eigenvalue weighted by molar-refractivity contribution is 5.97. The van der Waals surface area contributed by atoms with Crippen LogP contribution in [0, 0.1) is 11.8 Å². The van der Waals surface area contributed by atoms with E-state index in [1.165, 1.54) is 11.0 Å². The smallest absolute Gasteiger partial charge is 0.267 e. The molecule has 2 aromatic carbocycles. The fourth-order valence-electron chi connectivity index (χ4n) is 2.50. The van der Waals surface area contributed by atoms with E-state index in [1.807, 2.05) is 24.3 Å². The standard InChI is InChI=1S/C21H24N4O3/c1-14(23)19(21(27)25-28)24-20(26)18-10-8-16(9-11-18)3-2-15-4-6-17(7-5-15)12-13-22/h4-11,14,19,28H,12-13,22-23H2,1H3,(H,24,26)(H,25,27)/t14-,19+/m1/s1. The summed E-state index contributed by atoms with van der Waals surface area (Å²) >= 11 is 0. The molecule has 28 heavy (non-hydrogen) atoms. The van der Waals surface area contributed by atoms with Gasteiger partial charge in [0.15, 0.2) is 0 Å². The van der Waals surface area contributed by atoms with Crippen molar-refractivity contribution < 1.29 is 14.8 Å². The lowest BCUT2D eigenvalue weighted by molar-refractivity contribution is -0.131. The van der Waals surface area contributed by atoms with Gasteiger partial charge in [-0.05, 0) is 61.9 Å². The minimum Gasteiger partial charge on any atom is -0.339 e. The molecule has 0 aliphatic heterocycles. The summed E-state index contributed by atoms with van der Waals surface area (Å²) < 4.78 is 0. The molecule has 0 aliphatic rings. The molecule has 0 unspecified atom stereocenters. The van der Waals surface area contributed by atoms with E-state index in [4.69, 9.17) is 16.7 Å². The minimum absolute atomic E-state index is 0.355. The van der Waals surface area contributed by atoms with Gasteiger partial charge in [-0.25, -0.2) is 5.48 Å². The van der Waals surface area contributed by atoms with Crippen LogP contribution in [-0.4, -0.2) is 35.7 Å². The van der Waals surface area contributed by atoms with Crippen LogP contribution >= 0.6 is 0 Å². The molecule has 0 spiro atoms. The van der Waals surface area contributed by atoms with E-state index in [1.54, 1.807) is 31.2 Å². The zero-order chi connectivity index (χ0) is 20.5. The van der Waals surface area contributed by atoms with E-state index in [9.17, 15) is 9.59 Å². The predicted octanol–water partition coefficient (Wildman–Crippen LogP) is 0.539. The highest BCUT2D eigenvalue weighted by Gasteiger charge is 2.24. The summed E-state index contributed by atoms with van der Waals surface area (Å²) in [4.78, 5) is 23.9. The number of hydroxylamine groups is 1. The van der Waals surface area contributed by atoms with Crippen molar-refractivity contribution in [2.75, 3.05) is 6.54 Å². The molecule has 0 saturated heterocycles.